The minimum absolute atomic E-state index is 0.287. The summed E-state index contributed by atoms with van der Waals surface area (Å²) >= 11 is 1.83. The number of carbonyl (C=O) groups is 2. The van der Waals surface area contributed by atoms with Crippen LogP contribution >= 0.6 is 11.8 Å². The number of para-hydroxylation sites is 1. The maximum atomic E-state index is 13.0. The van der Waals surface area contributed by atoms with E-state index in [1.807, 2.05) is 48.2 Å². The van der Waals surface area contributed by atoms with E-state index >= 15 is 0 Å². The Bertz CT molecular complexity index is 875. The lowest BCUT2D eigenvalue weighted by Crippen LogP contribution is -2.49. The van der Waals surface area contributed by atoms with Crippen molar-refractivity contribution >= 4 is 29.3 Å². The molecule has 27 heavy (non-hydrogen) atoms. The summed E-state index contributed by atoms with van der Waals surface area (Å²) in [7, 11) is 0. The molecule has 1 amide bonds. The van der Waals surface area contributed by atoms with E-state index in [-0.39, 0.29) is 5.91 Å². The Morgan fingerprint density at radius 1 is 1.11 bits per heavy atom. The Hall–Kier alpha value is -2.27. The molecule has 2 aromatic rings. The maximum absolute atomic E-state index is 13.0. The third kappa shape index (κ3) is 3.74. The second-order valence-electron chi connectivity index (χ2n) is 7.43. The van der Waals surface area contributed by atoms with Gasteiger partial charge < -0.3 is 10.1 Å². The second-order valence-corrected chi connectivity index (χ2v) is 8.77. The van der Waals surface area contributed by atoms with Gasteiger partial charge in [0.2, 0.25) is 0 Å². The molecule has 1 fully saturated rings. The predicted octanol–water partition coefficient (Wildman–Crippen LogP) is 4.83. The molecule has 140 valence electrons. The number of hydrogen-bond acceptors (Lipinski definition) is 4. The van der Waals surface area contributed by atoms with Crippen molar-refractivity contribution in [1.29, 1.82) is 0 Å². The van der Waals surface area contributed by atoms with Crippen molar-refractivity contribution in [1.82, 2.24) is 0 Å². The van der Waals surface area contributed by atoms with Crippen molar-refractivity contribution < 1.29 is 14.3 Å². The van der Waals surface area contributed by atoms with Gasteiger partial charge in [0.15, 0.2) is 5.60 Å². The molecule has 4 nitrogen and oxygen atoms in total. The van der Waals surface area contributed by atoms with E-state index in [1.54, 1.807) is 19.1 Å². The van der Waals surface area contributed by atoms with Gasteiger partial charge in [-0.15, -0.1) is 11.8 Å². The highest BCUT2D eigenvalue weighted by Gasteiger charge is 2.42. The fourth-order valence-electron chi connectivity index (χ4n) is 3.77. The monoisotopic (exact) mass is 381 g/mol. The number of rotatable bonds is 4. The van der Waals surface area contributed by atoms with Crippen LogP contribution in [0.4, 0.5) is 5.69 Å². The van der Waals surface area contributed by atoms with Gasteiger partial charge in [-0.3, -0.25) is 4.79 Å². The van der Waals surface area contributed by atoms with Gasteiger partial charge in [0, 0.05) is 16.6 Å². The Morgan fingerprint density at radius 3 is 2.63 bits per heavy atom. The van der Waals surface area contributed by atoms with E-state index in [1.165, 1.54) is 25.7 Å². The lowest BCUT2D eigenvalue weighted by molar-refractivity contribution is -0.134. The number of esters is 1. The fraction of sp³-hybridized carbons (Fsp3) is 0.364. The first kappa shape index (κ1) is 18.1. The average molecular weight is 381 g/mol. The zero-order valence-electron chi connectivity index (χ0n) is 15.4. The van der Waals surface area contributed by atoms with Crippen molar-refractivity contribution in [2.24, 2.45) is 0 Å². The normalized spacial score (nSPS) is 22.2. The molecule has 0 aromatic heterocycles. The van der Waals surface area contributed by atoms with Crippen molar-refractivity contribution in [3.05, 3.63) is 59.7 Å². The molecule has 1 unspecified atom stereocenters. The van der Waals surface area contributed by atoms with Crippen molar-refractivity contribution in [3.8, 4) is 0 Å². The molecule has 0 bridgehead atoms. The zero-order valence-corrected chi connectivity index (χ0v) is 16.2. The lowest BCUT2D eigenvalue weighted by atomic mass is 9.89. The molecule has 1 aliphatic heterocycles. The molecule has 4 rings (SSSR count). The van der Waals surface area contributed by atoms with Crippen molar-refractivity contribution in [3.63, 3.8) is 0 Å². The summed E-state index contributed by atoms with van der Waals surface area (Å²) in [6.45, 7) is 1.68. The van der Waals surface area contributed by atoms with Gasteiger partial charge in [0.1, 0.15) is 0 Å². The fourth-order valence-corrected chi connectivity index (χ4v) is 5.10. The minimum atomic E-state index is -1.21. The number of hydrogen-bond donors (Lipinski definition) is 1. The molecular weight excluding hydrogens is 358 g/mol. The highest BCUT2D eigenvalue weighted by Crippen LogP contribution is 2.38. The summed E-state index contributed by atoms with van der Waals surface area (Å²) in [6.07, 6.45) is 5.37. The van der Waals surface area contributed by atoms with E-state index in [0.29, 0.717) is 17.2 Å². The number of anilines is 1. The van der Waals surface area contributed by atoms with Gasteiger partial charge in [-0.25, -0.2) is 4.79 Å². The van der Waals surface area contributed by atoms with Crippen LogP contribution in [0.2, 0.25) is 0 Å². The van der Waals surface area contributed by atoms with Gasteiger partial charge in [0.25, 0.3) is 5.91 Å². The first-order valence-corrected chi connectivity index (χ1v) is 10.3. The van der Waals surface area contributed by atoms with Crippen LogP contribution in [0.25, 0.3) is 0 Å². The van der Waals surface area contributed by atoms with E-state index in [4.69, 9.17) is 4.74 Å². The molecule has 0 spiro atoms. The number of thioether (sulfide) groups is 1. The number of ether oxygens (including phenoxy) is 1. The van der Waals surface area contributed by atoms with Gasteiger partial charge in [-0.2, -0.15) is 0 Å². The van der Waals surface area contributed by atoms with Crippen LogP contribution in [0.3, 0.4) is 0 Å². The smallest absolute Gasteiger partial charge is 0.339 e. The highest BCUT2D eigenvalue weighted by atomic mass is 32.2. The Labute approximate surface area is 163 Å². The molecule has 0 radical (unpaired) electrons. The third-order valence-electron chi connectivity index (χ3n) is 5.29. The number of amides is 1. The number of carbonyl (C=O) groups excluding carboxylic acids is 2. The molecular formula is C22H23NO3S. The number of benzene rings is 2. The third-order valence-corrected chi connectivity index (χ3v) is 6.71. The molecule has 1 saturated carbocycles. The Morgan fingerprint density at radius 2 is 1.81 bits per heavy atom. The van der Waals surface area contributed by atoms with Crippen LogP contribution in [0.5, 0.6) is 0 Å². The van der Waals surface area contributed by atoms with Gasteiger partial charge in [-0.05, 0) is 43.5 Å². The topological polar surface area (TPSA) is 55.4 Å². The minimum Gasteiger partial charge on any atom is -0.445 e. The summed E-state index contributed by atoms with van der Waals surface area (Å²) in [5.74, 6) is -0.729. The summed E-state index contributed by atoms with van der Waals surface area (Å²) < 4.78 is 5.55. The van der Waals surface area contributed by atoms with Gasteiger partial charge >= 0.3 is 5.97 Å². The van der Waals surface area contributed by atoms with E-state index in [2.05, 4.69) is 5.32 Å². The SMILES string of the molecule is CC1(C(=O)Nc2ccccc2SC2CCCC2)Cc2ccccc2C(=O)O1. The summed E-state index contributed by atoms with van der Waals surface area (Å²) in [5.41, 5.74) is 0.965. The predicted molar refractivity (Wildman–Crippen MR) is 107 cm³/mol. The van der Waals surface area contributed by atoms with Crippen molar-refractivity contribution in [2.45, 2.75) is 54.8 Å². The second kappa shape index (κ2) is 7.39. The zero-order chi connectivity index (χ0) is 18.9. The van der Waals surface area contributed by atoms with Crippen LogP contribution < -0.4 is 5.32 Å². The quantitative estimate of drug-likeness (QED) is 0.771. The Kier molecular flexibility index (Phi) is 4.96. The first-order chi connectivity index (χ1) is 13.0. The molecule has 5 heteroatoms. The number of fused-ring (bicyclic) bond motifs is 1. The first-order valence-electron chi connectivity index (χ1n) is 9.43. The van der Waals surface area contributed by atoms with Crippen LogP contribution in [-0.2, 0) is 16.0 Å². The molecule has 1 atom stereocenters. The van der Waals surface area contributed by atoms with E-state index in [0.717, 1.165) is 16.1 Å². The Balaban J connectivity index is 1.53. The molecule has 1 heterocycles. The molecule has 0 saturated heterocycles. The van der Waals surface area contributed by atoms with Crippen LogP contribution in [0.15, 0.2) is 53.4 Å². The van der Waals surface area contributed by atoms with E-state index in [9.17, 15) is 9.59 Å². The van der Waals surface area contributed by atoms with Crippen LogP contribution in [-0.4, -0.2) is 22.7 Å². The standard InChI is InChI=1S/C22H23NO3S/c1-22(14-15-8-2-5-11-17(15)20(24)26-22)21(25)23-18-12-6-7-13-19(18)27-16-9-3-4-10-16/h2,5-8,11-13,16H,3-4,9-10,14H2,1H3,(H,23,25). The summed E-state index contributed by atoms with van der Waals surface area (Å²) in [4.78, 5) is 26.5. The average Bonchev–Trinajstić information content (AvgIpc) is 3.16. The highest BCUT2D eigenvalue weighted by molar-refractivity contribution is 8.00. The molecule has 1 N–H and O–H groups in total. The van der Waals surface area contributed by atoms with Crippen LogP contribution in [0, 0.1) is 0 Å². The van der Waals surface area contributed by atoms with Crippen LogP contribution in [0.1, 0.15) is 48.5 Å². The van der Waals surface area contributed by atoms with Gasteiger partial charge in [0.05, 0.1) is 11.3 Å². The maximum Gasteiger partial charge on any atom is 0.339 e. The summed E-state index contributed by atoms with van der Waals surface area (Å²) in [5, 5.41) is 3.62. The van der Waals surface area contributed by atoms with Gasteiger partial charge in [-0.1, -0.05) is 43.2 Å². The largest absolute Gasteiger partial charge is 0.445 e. The number of nitrogens with one attached hydrogen (secondary N) is 1. The lowest BCUT2D eigenvalue weighted by Gasteiger charge is -2.33. The molecule has 2 aliphatic rings. The molecule has 1 aliphatic carbocycles. The van der Waals surface area contributed by atoms with E-state index < -0.39 is 11.6 Å². The number of cyclic esters (lactones) is 1. The molecule has 2 aromatic carbocycles. The van der Waals surface area contributed by atoms with Crippen molar-refractivity contribution in [2.75, 3.05) is 5.32 Å². The summed E-state index contributed by atoms with van der Waals surface area (Å²) in [6, 6.07) is 15.2.